The van der Waals surface area contributed by atoms with Crippen molar-refractivity contribution < 1.29 is 39.8 Å². The van der Waals surface area contributed by atoms with Crippen LogP contribution >= 0.6 is 0 Å². The Morgan fingerprint density at radius 1 is 0.733 bits per heavy atom. The molecule has 1 aliphatic heterocycles. The molecule has 0 aromatic carbocycles. The average Bonchev–Trinajstić information content (AvgIpc) is 3.04. The van der Waals surface area contributed by atoms with E-state index in [0.29, 0.717) is 12.8 Å². The van der Waals surface area contributed by atoms with Crippen LogP contribution in [-0.4, -0.2) is 94.1 Å². The summed E-state index contributed by atoms with van der Waals surface area (Å²) in [5.74, 6) is -0.162. The third-order valence-electron chi connectivity index (χ3n) is 9.06. The monoisotopic (exact) mass is 647 g/mol. The smallest absolute Gasteiger partial charge is 0.220 e. The first-order chi connectivity index (χ1) is 21.8. The first-order valence-electron chi connectivity index (χ1n) is 18.4. The van der Waals surface area contributed by atoms with Gasteiger partial charge in [0.05, 0.1) is 25.4 Å². The molecule has 10 nitrogen and oxygen atoms in total. The minimum absolute atomic E-state index is 0.142. The van der Waals surface area contributed by atoms with Crippen LogP contribution in [0.1, 0.15) is 155 Å². The van der Waals surface area contributed by atoms with E-state index in [9.17, 15) is 30.3 Å². The topological polar surface area (TPSA) is 175 Å². The highest BCUT2D eigenvalue weighted by Gasteiger charge is 2.44. The highest BCUT2D eigenvalue weighted by molar-refractivity contribution is 5.76. The number of nitrogens with one attached hydrogen (secondary N) is 1. The van der Waals surface area contributed by atoms with E-state index in [0.717, 1.165) is 57.9 Å². The fourth-order valence-electron chi connectivity index (χ4n) is 5.99. The Labute approximate surface area is 273 Å². The number of nitrogens with two attached hydrogens (primary N) is 1. The molecule has 0 aliphatic carbocycles. The van der Waals surface area contributed by atoms with Crippen LogP contribution in [-0.2, 0) is 14.3 Å². The molecule has 268 valence electrons. The van der Waals surface area contributed by atoms with Crippen LogP contribution in [0.4, 0.5) is 0 Å². The lowest BCUT2D eigenvalue weighted by molar-refractivity contribution is -0.302. The molecular weight excluding hydrogens is 576 g/mol. The molecular formula is C35H70N2O8. The lowest BCUT2D eigenvalue weighted by Gasteiger charge is -2.40. The summed E-state index contributed by atoms with van der Waals surface area (Å²) in [6.07, 6.45) is 17.7. The molecule has 8 N–H and O–H groups in total. The largest absolute Gasteiger partial charge is 0.394 e. The Morgan fingerprint density at radius 3 is 1.73 bits per heavy atom. The van der Waals surface area contributed by atoms with Crippen molar-refractivity contribution >= 4 is 5.91 Å². The molecule has 1 fully saturated rings. The van der Waals surface area contributed by atoms with E-state index < -0.39 is 49.5 Å². The van der Waals surface area contributed by atoms with Gasteiger partial charge in [0.25, 0.3) is 0 Å². The number of aliphatic hydroxyl groups excluding tert-OH is 5. The van der Waals surface area contributed by atoms with Crippen LogP contribution in [0.3, 0.4) is 0 Å². The van der Waals surface area contributed by atoms with Crippen molar-refractivity contribution in [2.45, 2.75) is 197 Å². The third kappa shape index (κ3) is 20.2. The van der Waals surface area contributed by atoms with Crippen LogP contribution in [0.5, 0.6) is 0 Å². The maximum absolute atomic E-state index is 12.8. The van der Waals surface area contributed by atoms with Crippen LogP contribution in [0.15, 0.2) is 0 Å². The van der Waals surface area contributed by atoms with E-state index in [4.69, 9.17) is 15.2 Å². The fourth-order valence-corrected chi connectivity index (χ4v) is 5.99. The molecule has 0 bridgehead atoms. The lowest BCUT2D eigenvalue weighted by atomic mass is 9.99. The van der Waals surface area contributed by atoms with Gasteiger partial charge in [0.1, 0.15) is 24.4 Å². The van der Waals surface area contributed by atoms with Crippen molar-refractivity contribution in [1.82, 2.24) is 5.32 Å². The van der Waals surface area contributed by atoms with Gasteiger partial charge in [0.15, 0.2) is 6.29 Å². The van der Waals surface area contributed by atoms with Gasteiger partial charge in [-0.1, -0.05) is 129 Å². The molecule has 0 saturated carbocycles. The van der Waals surface area contributed by atoms with E-state index >= 15 is 0 Å². The molecule has 10 heteroatoms. The maximum Gasteiger partial charge on any atom is 0.220 e. The van der Waals surface area contributed by atoms with Gasteiger partial charge in [0.2, 0.25) is 5.91 Å². The molecule has 1 heterocycles. The van der Waals surface area contributed by atoms with Crippen LogP contribution < -0.4 is 11.1 Å². The number of amides is 1. The summed E-state index contributed by atoms with van der Waals surface area (Å²) < 4.78 is 11.2. The second kappa shape index (κ2) is 28.2. The molecule has 0 aromatic heterocycles. The third-order valence-corrected chi connectivity index (χ3v) is 9.06. The van der Waals surface area contributed by atoms with E-state index in [-0.39, 0.29) is 12.5 Å². The Morgan fingerprint density at radius 2 is 1.22 bits per heavy atom. The van der Waals surface area contributed by atoms with Crippen LogP contribution in [0.2, 0.25) is 0 Å². The summed E-state index contributed by atoms with van der Waals surface area (Å²) in [7, 11) is 0. The Kier molecular flexibility index (Phi) is 26.4. The molecule has 45 heavy (non-hydrogen) atoms. The Balaban J connectivity index is 2.43. The second-order valence-electron chi connectivity index (χ2n) is 13.2. The van der Waals surface area contributed by atoms with Crippen molar-refractivity contribution in [2.75, 3.05) is 19.8 Å². The standard InChI is InChI=1S/C35H70N2O8/c1-2-3-4-5-6-7-8-9-10-11-14-17-20-23-29(39)28(27-44-35-34(43)33(42)32(41)30(26-38)45-35)37-31(40)24-21-18-15-12-13-16-19-22-25-36/h28-30,32-35,38-39,41-43H,2-27,36H2,1H3,(H,37,40)/t28-,29+,30+,32-,33-,34+,35-/m0/s1. The molecule has 1 amide bonds. The highest BCUT2D eigenvalue weighted by Crippen LogP contribution is 2.23. The van der Waals surface area contributed by atoms with Gasteiger partial charge < -0.3 is 46.1 Å². The molecule has 7 atom stereocenters. The normalized spacial score (nSPS) is 23.2. The maximum atomic E-state index is 12.8. The van der Waals surface area contributed by atoms with Crippen molar-refractivity contribution in [3.05, 3.63) is 0 Å². The number of hydrogen-bond acceptors (Lipinski definition) is 9. The number of unbranched alkanes of at least 4 members (excludes halogenated alkanes) is 19. The summed E-state index contributed by atoms with van der Waals surface area (Å²) in [4.78, 5) is 12.8. The van der Waals surface area contributed by atoms with Gasteiger partial charge >= 0.3 is 0 Å². The number of carbonyl (C=O) groups excluding carboxylic acids is 1. The zero-order chi connectivity index (χ0) is 33.1. The zero-order valence-corrected chi connectivity index (χ0v) is 28.5. The van der Waals surface area contributed by atoms with Gasteiger partial charge in [0, 0.05) is 6.42 Å². The summed E-state index contributed by atoms with van der Waals surface area (Å²) in [6.45, 7) is 2.30. The molecule has 1 saturated heterocycles. The van der Waals surface area contributed by atoms with Crippen molar-refractivity contribution in [3.8, 4) is 0 Å². The first kappa shape index (κ1) is 42.2. The molecule has 1 rings (SSSR count). The molecule has 0 radical (unpaired) electrons. The van der Waals surface area contributed by atoms with E-state index in [1.165, 1.54) is 83.5 Å². The van der Waals surface area contributed by atoms with E-state index in [2.05, 4.69) is 12.2 Å². The quantitative estimate of drug-likeness (QED) is 0.0550. The van der Waals surface area contributed by atoms with Crippen molar-refractivity contribution in [3.63, 3.8) is 0 Å². The second-order valence-corrected chi connectivity index (χ2v) is 13.2. The van der Waals surface area contributed by atoms with Gasteiger partial charge in [-0.3, -0.25) is 4.79 Å². The first-order valence-corrected chi connectivity index (χ1v) is 18.4. The van der Waals surface area contributed by atoms with Crippen molar-refractivity contribution in [2.24, 2.45) is 5.73 Å². The molecule has 0 aromatic rings. The summed E-state index contributed by atoms with van der Waals surface area (Å²) in [5, 5.41) is 53.9. The number of ether oxygens (including phenoxy) is 2. The lowest BCUT2D eigenvalue weighted by Crippen LogP contribution is -2.60. The minimum Gasteiger partial charge on any atom is -0.394 e. The summed E-state index contributed by atoms with van der Waals surface area (Å²) in [5.41, 5.74) is 5.54. The average molecular weight is 647 g/mol. The fraction of sp³-hybridized carbons (Fsp3) is 0.971. The predicted molar refractivity (Wildman–Crippen MR) is 179 cm³/mol. The number of hydrogen-bond donors (Lipinski definition) is 7. The highest BCUT2D eigenvalue weighted by atomic mass is 16.7. The van der Waals surface area contributed by atoms with Crippen molar-refractivity contribution in [1.29, 1.82) is 0 Å². The Bertz CT molecular complexity index is 686. The molecule has 0 unspecified atom stereocenters. The Hall–Kier alpha value is -0.850. The molecule has 0 spiro atoms. The van der Waals surface area contributed by atoms with Crippen LogP contribution in [0.25, 0.3) is 0 Å². The van der Waals surface area contributed by atoms with Gasteiger partial charge in [-0.2, -0.15) is 0 Å². The SMILES string of the molecule is CCCCCCCCCCCCCCC[C@@H](O)[C@H](CO[C@H]1O[C@H](CO)[C@H](O)[C@H](O)[C@H]1O)NC(=O)CCCCCCCCCCN. The number of rotatable bonds is 30. The van der Waals surface area contributed by atoms with Gasteiger partial charge in [-0.25, -0.2) is 0 Å². The minimum atomic E-state index is -1.55. The number of carbonyl (C=O) groups is 1. The predicted octanol–water partition coefficient (Wildman–Crippen LogP) is 4.60. The number of aliphatic hydroxyl groups is 5. The summed E-state index contributed by atoms with van der Waals surface area (Å²) in [6, 6.07) is -0.718. The molecule has 1 aliphatic rings. The van der Waals surface area contributed by atoms with E-state index in [1.54, 1.807) is 0 Å². The zero-order valence-electron chi connectivity index (χ0n) is 28.5. The van der Waals surface area contributed by atoms with E-state index in [1.807, 2.05) is 0 Å². The van der Waals surface area contributed by atoms with Gasteiger partial charge in [-0.05, 0) is 25.8 Å². The van der Waals surface area contributed by atoms with Crippen LogP contribution in [0, 0.1) is 0 Å². The van der Waals surface area contributed by atoms with Gasteiger partial charge in [-0.15, -0.1) is 0 Å². The summed E-state index contributed by atoms with van der Waals surface area (Å²) >= 11 is 0.